The van der Waals surface area contributed by atoms with Gasteiger partial charge in [-0.3, -0.25) is 9.89 Å². The van der Waals surface area contributed by atoms with Crippen LogP contribution in [0.2, 0.25) is 0 Å². The van der Waals surface area contributed by atoms with Crippen LogP contribution in [-0.2, 0) is 22.6 Å². The van der Waals surface area contributed by atoms with E-state index in [9.17, 15) is 18.0 Å². The molecular formula is C25H28F3N5O4. The van der Waals surface area contributed by atoms with Crippen molar-refractivity contribution in [2.24, 2.45) is 0 Å². The van der Waals surface area contributed by atoms with Gasteiger partial charge in [-0.1, -0.05) is 30.3 Å². The molecule has 2 aromatic carbocycles. The highest BCUT2D eigenvalue weighted by molar-refractivity contribution is 5.96. The number of hydrogen-bond acceptors (Lipinski definition) is 6. The minimum atomic E-state index is -5.08. The molecule has 1 aliphatic heterocycles. The van der Waals surface area contributed by atoms with E-state index >= 15 is 0 Å². The number of aliphatic carboxylic acids is 1. The van der Waals surface area contributed by atoms with Crippen molar-refractivity contribution in [3.8, 4) is 16.9 Å². The van der Waals surface area contributed by atoms with Crippen LogP contribution in [0.1, 0.15) is 11.1 Å². The minimum absolute atomic E-state index is 0.0574. The summed E-state index contributed by atoms with van der Waals surface area (Å²) in [5.41, 5.74) is 5.08. The third-order valence-electron chi connectivity index (χ3n) is 5.51. The maximum absolute atomic E-state index is 13.0. The zero-order valence-electron chi connectivity index (χ0n) is 20.3. The molecule has 1 amide bonds. The van der Waals surface area contributed by atoms with Crippen molar-refractivity contribution in [3.63, 3.8) is 0 Å². The molecule has 9 nitrogen and oxygen atoms in total. The number of ether oxygens (including phenoxy) is 1. The number of benzene rings is 2. The number of amides is 1. The second kappa shape index (κ2) is 12.4. The van der Waals surface area contributed by atoms with Crippen LogP contribution in [-0.4, -0.2) is 71.5 Å². The maximum atomic E-state index is 13.0. The second-order valence-electron chi connectivity index (χ2n) is 8.55. The van der Waals surface area contributed by atoms with Gasteiger partial charge >= 0.3 is 12.1 Å². The van der Waals surface area contributed by atoms with Crippen molar-refractivity contribution >= 4 is 17.6 Å². The number of hydrogen-bond donors (Lipinski definition) is 4. The van der Waals surface area contributed by atoms with Gasteiger partial charge in [0.2, 0.25) is 5.91 Å². The van der Waals surface area contributed by atoms with Crippen molar-refractivity contribution in [1.29, 1.82) is 0 Å². The van der Waals surface area contributed by atoms with Crippen LogP contribution < -0.4 is 15.4 Å². The molecule has 1 atom stereocenters. The average molecular weight is 520 g/mol. The Hall–Kier alpha value is -3.90. The van der Waals surface area contributed by atoms with Crippen molar-refractivity contribution in [2.75, 3.05) is 32.6 Å². The molecule has 0 aliphatic carbocycles. The fraction of sp³-hybridized carbons (Fsp3) is 0.320. The number of carbonyl (C=O) groups is 2. The molecule has 0 unspecified atom stereocenters. The number of H-pyrrole nitrogens is 1. The van der Waals surface area contributed by atoms with Gasteiger partial charge in [-0.05, 0) is 49.3 Å². The Morgan fingerprint density at radius 2 is 1.86 bits per heavy atom. The van der Waals surface area contributed by atoms with E-state index in [-0.39, 0.29) is 11.9 Å². The molecule has 0 radical (unpaired) electrons. The van der Waals surface area contributed by atoms with Gasteiger partial charge in [0.15, 0.2) is 0 Å². The summed E-state index contributed by atoms with van der Waals surface area (Å²) in [6, 6.07) is 13.8. The summed E-state index contributed by atoms with van der Waals surface area (Å²) in [5.74, 6) is -2.16. The number of anilines is 1. The number of carboxylic acids is 1. The number of rotatable bonds is 7. The molecule has 12 heteroatoms. The van der Waals surface area contributed by atoms with Crippen LogP contribution in [0, 0.1) is 0 Å². The first-order valence-electron chi connectivity index (χ1n) is 11.4. The third kappa shape index (κ3) is 8.05. The highest BCUT2D eigenvalue weighted by Crippen LogP contribution is 2.31. The monoisotopic (exact) mass is 519 g/mol. The van der Waals surface area contributed by atoms with Crippen LogP contribution in [0.25, 0.3) is 11.1 Å². The lowest BCUT2D eigenvalue weighted by molar-refractivity contribution is -0.192. The summed E-state index contributed by atoms with van der Waals surface area (Å²) in [5, 5.41) is 20.4. The molecule has 0 saturated heterocycles. The van der Waals surface area contributed by atoms with Gasteiger partial charge in [-0.2, -0.15) is 18.3 Å². The quantitative estimate of drug-likeness (QED) is 0.378. The van der Waals surface area contributed by atoms with Crippen molar-refractivity contribution in [1.82, 2.24) is 20.4 Å². The highest BCUT2D eigenvalue weighted by atomic mass is 19.4. The van der Waals surface area contributed by atoms with E-state index in [1.807, 2.05) is 50.6 Å². The van der Waals surface area contributed by atoms with Gasteiger partial charge in [0.25, 0.3) is 0 Å². The number of aromatic nitrogens is 2. The standard InChI is InChI=1S/C23H27N5O2.C2HF3O2/c1-28(2)9-10-30-22-12-17(19-14-25-26-15-19)7-8-20(22)27-23(29)21-11-16-5-3-4-6-18(16)13-24-21;3-2(4,5)1(6)7/h3-8,12,14-15,21,24H,9-11,13H2,1-2H3,(H,25,26)(H,27,29);(H,6,7)/t21-;/m0./s1. The molecule has 198 valence electrons. The number of nitrogens with one attached hydrogen (secondary N) is 3. The molecule has 37 heavy (non-hydrogen) atoms. The Labute approximate surface area is 211 Å². The number of alkyl halides is 3. The molecule has 1 aromatic heterocycles. The molecule has 4 N–H and O–H groups in total. The normalized spacial score (nSPS) is 14.8. The smallest absolute Gasteiger partial charge is 0.490 e. The molecule has 4 rings (SSSR count). The van der Waals surface area contributed by atoms with Gasteiger partial charge in [0, 0.05) is 24.8 Å². The highest BCUT2D eigenvalue weighted by Gasteiger charge is 2.38. The molecular weight excluding hydrogens is 491 g/mol. The van der Waals surface area contributed by atoms with E-state index in [1.165, 1.54) is 11.1 Å². The fourth-order valence-electron chi connectivity index (χ4n) is 3.53. The van der Waals surface area contributed by atoms with E-state index in [0.717, 1.165) is 17.7 Å². The van der Waals surface area contributed by atoms with E-state index in [2.05, 4.69) is 37.9 Å². The number of carbonyl (C=O) groups excluding carboxylic acids is 1. The lowest BCUT2D eigenvalue weighted by Crippen LogP contribution is -2.44. The second-order valence-corrected chi connectivity index (χ2v) is 8.55. The summed E-state index contributed by atoms with van der Waals surface area (Å²) in [6.45, 7) is 2.00. The predicted molar refractivity (Wildman–Crippen MR) is 131 cm³/mol. The summed E-state index contributed by atoms with van der Waals surface area (Å²) < 4.78 is 37.8. The summed E-state index contributed by atoms with van der Waals surface area (Å²) in [7, 11) is 4.00. The molecule has 0 saturated carbocycles. The Morgan fingerprint density at radius 1 is 1.16 bits per heavy atom. The molecule has 1 aliphatic rings. The molecule has 0 bridgehead atoms. The van der Waals surface area contributed by atoms with Crippen LogP contribution in [0.3, 0.4) is 0 Å². The van der Waals surface area contributed by atoms with Crippen LogP contribution >= 0.6 is 0 Å². The lowest BCUT2D eigenvalue weighted by atomic mass is 9.95. The van der Waals surface area contributed by atoms with Gasteiger partial charge in [-0.25, -0.2) is 4.79 Å². The topological polar surface area (TPSA) is 120 Å². The van der Waals surface area contributed by atoms with Crippen molar-refractivity contribution in [2.45, 2.75) is 25.2 Å². The van der Waals surface area contributed by atoms with Crippen LogP contribution in [0.15, 0.2) is 54.9 Å². The van der Waals surface area contributed by atoms with E-state index in [0.29, 0.717) is 31.0 Å². The van der Waals surface area contributed by atoms with Crippen LogP contribution in [0.5, 0.6) is 5.75 Å². The Kier molecular flexibility index (Phi) is 9.25. The molecule has 0 fully saturated rings. The number of carboxylic acid groups (broad SMARTS) is 1. The van der Waals surface area contributed by atoms with E-state index in [4.69, 9.17) is 14.6 Å². The van der Waals surface area contributed by atoms with Crippen molar-refractivity contribution < 1.29 is 32.6 Å². The third-order valence-corrected chi connectivity index (χ3v) is 5.51. The minimum Gasteiger partial charge on any atom is -0.490 e. The molecule has 3 aromatic rings. The predicted octanol–water partition coefficient (Wildman–Crippen LogP) is 3.30. The Balaban J connectivity index is 0.000000479. The van der Waals surface area contributed by atoms with Gasteiger partial charge in [0.1, 0.15) is 12.4 Å². The van der Waals surface area contributed by atoms with Crippen molar-refractivity contribution in [3.05, 3.63) is 66.0 Å². The summed E-state index contributed by atoms with van der Waals surface area (Å²) in [4.78, 5) is 23.9. The zero-order chi connectivity index (χ0) is 27.0. The Morgan fingerprint density at radius 3 is 2.49 bits per heavy atom. The largest absolute Gasteiger partial charge is 0.490 e. The Bertz CT molecular complexity index is 1200. The summed E-state index contributed by atoms with van der Waals surface area (Å²) in [6.07, 6.45) is -0.812. The first kappa shape index (κ1) is 27.7. The summed E-state index contributed by atoms with van der Waals surface area (Å²) >= 11 is 0. The fourth-order valence-corrected chi connectivity index (χ4v) is 3.53. The zero-order valence-corrected chi connectivity index (χ0v) is 20.3. The number of likely N-dealkylation sites (N-methyl/N-ethyl adjacent to an activating group) is 1. The number of fused-ring (bicyclic) bond motifs is 1. The van der Waals surface area contributed by atoms with Gasteiger partial charge in [0.05, 0.1) is 17.9 Å². The number of aromatic amines is 1. The maximum Gasteiger partial charge on any atom is 0.490 e. The van der Waals surface area contributed by atoms with E-state index in [1.54, 1.807) is 6.20 Å². The molecule has 0 spiro atoms. The van der Waals surface area contributed by atoms with Gasteiger partial charge in [-0.15, -0.1) is 0 Å². The molecule has 2 heterocycles. The first-order chi connectivity index (χ1) is 17.5. The van der Waals surface area contributed by atoms with Gasteiger partial charge < -0.3 is 25.4 Å². The lowest BCUT2D eigenvalue weighted by Gasteiger charge is -2.25. The average Bonchev–Trinajstić information content (AvgIpc) is 3.39. The SMILES string of the molecule is CN(C)CCOc1cc(-c2cn[nH]c2)ccc1NC(=O)[C@@H]1Cc2ccccc2CN1.O=C(O)C(F)(F)F. The number of nitrogens with zero attached hydrogens (tertiary/aromatic N) is 2. The number of halogens is 3. The first-order valence-corrected chi connectivity index (χ1v) is 11.4. The van der Waals surface area contributed by atoms with E-state index < -0.39 is 12.1 Å². The van der Waals surface area contributed by atoms with Crippen LogP contribution in [0.4, 0.5) is 18.9 Å².